The van der Waals surface area contributed by atoms with Crippen LogP contribution in [0.5, 0.6) is 0 Å². The standard InChI is InChI=1S/C13H19N3/c1-2-4-12-11(3-1)9-15-13(12)10-16-7-5-14-6-8-16/h1-4,13-15H,5-10H2. The summed E-state index contributed by atoms with van der Waals surface area (Å²) >= 11 is 0. The molecule has 3 rings (SSSR count). The summed E-state index contributed by atoms with van der Waals surface area (Å²) in [5, 5.41) is 7.00. The third kappa shape index (κ3) is 1.98. The van der Waals surface area contributed by atoms with Crippen LogP contribution < -0.4 is 10.6 Å². The number of rotatable bonds is 2. The number of benzene rings is 1. The molecule has 0 radical (unpaired) electrons. The lowest BCUT2D eigenvalue weighted by molar-refractivity contribution is 0.219. The summed E-state index contributed by atoms with van der Waals surface area (Å²) in [5.41, 5.74) is 2.98. The fourth-order valence-corrected chi connectivity index (χ4v) is 2.69. The van der Waals surface area contributed by atoms with Gasteiger partial charge in [0, 0.05) is 45.3 Å². The molecule has 1 aromatic rings. The Morgan fingerprint density at radius 1 is 1.19 bits per heavy atom. The molecule has 16 heavy (non-hydrogen) atoms. The maximum atomic E-state index is 3.61. The van der Waals surface area contributed by atoms with E-state index >= 15 is 0 Å². The monoisotopic (exact) mass is 217 g/mol. The maximum Gasteiger partial charge on any atom is 0.0455 e. The van der Waals surface area contributed by atoms with Crippen LogP contribution in [-0.4, -0.2) is 37.6 Å². The lowest BCUT2D eigenvalue weighted by Gasteiger charge is -2.29. The van der Waals surface area contributed by atoms with E-state index in [-0.39, 0.29) is 0 Å². The molecule has 1 aromatic carbocycles. The zero-order valence-electron chi connectivity index (χ0n) is 9.58. The highest BCUT2D eigenvalue weighted by molar-refractivity contribution is 5.33. The first-order valence-corrected chi connectivity index (χ1v) is 6.18. The van der Waals surface area contributed by atoms with Gasteiger partial charge >= 0.3 is 0 Å². The number of fused-ring (bicyclic) bond motifs is 1. The van der Waals surface area contributed by atoms with Crippen LogP contribution >= 0.6 is 0 Å². The number of hydrogen-bond acceptors (Lipinski definition) is 3. The van der Waals surface area contributed by atoms with Gasteiger partial charge in [-0.1, -0.05) is 24.3 Å². The first-order valence-electron chi connectivity index (χ1n) is 6.18. The Kier molecular flexibility index (Phi) is 2.91. The third-order valence-electron chi connectivity index (χ3n) is 3.62. The smallest absolute Gasteiger partial charge is 0.0455 e. The predicted octanol–water partition coefficient (Wildman–Crippen LogP) is 0.736. The summed E-state index contributed by atoms with van der Waals surface area (Å²) in [5.74, 6) is 0. The fraction of sp³-hybridized carbons (Fsp3) is 0.538. The minimum absolute atomic E-state index is 0.536. The molecule has 2 N–H and O–H groups in total. The lowest BCUT2D eigenvalue weighted by atomic mass is 10.0. The molecule has 0 bridgehead atoms. The number of hydrogen-bond donors (Lipinski definition) is 2. The van der Waals surface area contributed by atoms with E-state index in [0.29, 0.717) is 6.04 Å². The molecule has 3 nitrogen and oxygen atoms in total. The van der Waals surface area contributed by atoms with Gasteiger partial charge in [-0.25, -0.2) is 0 Å². The van der Waals surface area contributed by atoms with Gasteiger partial charge in [-0.3, -0.25) is 4.90 Å². The van der Waals surface area contributed by atoms with E-state index in [1.165, 1.54) is 24.2 Å². The largest absolute Gasteiger partial charge is 0.314 e. The Morgan fingerprint density at radius 3 is 2.88 bits per heavy atom. The third-order valence-corrected chi connectivity index (χ3v) is 3.62. The van der Waals surface area contributed by atoms with Crippen LogP contribution in [0.15, 0.2) is 24.3 Å². The van der Waals surface area contributed by atoms with Crippen molar-refractivity contribution in [2.45, 2.75) is 12.6 Å². The fourth-order valence-electron chi connectivity index (χ4n) is 2.69. The Balaban J connectivity index is 1.68. The molecule has 0 amide bonds. The topological polar surface area (TPSA) is 27.3 Å². The normalized spacial score (nSPS) is 25.6. The van der Waals surface area contributed by atoms with Gasteiger partial charge in [0.05, 0.1) is 0 Å². The van der Waals surface area contributed by atoms with Gasteiger partial charge in [0.2, 0.25) is 0 Å². The molecule has 0 aliphatic carbocycles. The zero-order chi connectivity index (χ0) is 10.8. The molecule has 1 unspecified atom stereocenters. The van der Waals surface area contributed by atoms with Gasteiger partial charge in [-0.2, -0.15) is 0 Å². The van der Waals surface area contributed by atoms with Crippen molar-refractivity contribution in [3.8, 4) is 0 Å². The first-order chi connectivity index (χ1) is 7.93. The van der Waals surface area contributed by atoms with Crippen LogP contribution in [0.3, 0.4) is 0 Å². The van der Waals surface area contributed by atoms with E-state index in [4.69, 9.17) is 0 Å². The van der Waals surface area contributed by atoms with Gasteiger partial charge in [0.15, 0.2) is 0 Å². The highest BCUT2D eigenvalue weighted by atomic mass is 15.2. The van der Waals surface area contributed by atoms with Gasteiger partial charge in [-0.15, -0.1) is 0 Å². The van der Waals surface area contributed by atoms with Crippen LogP contribution in [0.25, 0.3) is 0 Å². The number of nitrogens with one attached hydrogen (secondary N) is 2. The molecule has 1 fully saturated rings. The average molecular weight is 217 g/mol. The van der Waals surface area contributed by atoms with E-state index in [0.717, 1.165) is 26.2 Å². The molecule has 86 valence electrons. The van der Waals surface area contributed by atoms with Crippen molar-refractivity contribution >= 4 is 0 Å². The Bertz CT molecular complexity index is 358. The van der Waals surface area contributed by atoms with Crippen LogP contribution in [0.1, 0.15) is 17.2 Å². The van der Waals surface area contributed by atoms with Crippen LogP contribution in [0.4, 0.5) is 0 Å². The second-order valence-corrected chi connectivity index (χ2v) is 4.68. The molecule has 1 atom stereocenters. The van der Waals surface area contributed by atoms with Crippen molar-refractivity contribution in [2.24, 2.45) is 0 Å². The summed E-state index contributed by atoms with van der Waals surface area (Å²) in [6.07, 6.45) is 0. The van der Waals surface area contributed by atoms with Crippen molar-refractivity contribution in [3.63, 3.8) is 0 Å². The summed E-state index contributed by atoms with van der Waals surface area (Å²) in [4.78, 5) is 2.55. The molecular formula is C13H19N3. The van der Waals surface area contributed by atoms with Gasteiger partial charge < -0.3 is 10.6 Å². The van der Waals surface area contributed by atoms with Gasteiger partial charge in [0.25, 0.3) is 0 Å². The Morgan fingerprint density at radius 2 is 2.00 bits per heavy atom. The van der Waals surface area contributed by atoms with Gasteiger partial charge in [0.1, 0.15) is 0 Å². The van der Waals surface area contributed by atoms with Crippen LogP contribution in [0, 0.1) is 0 Å². The highest BCUT2D eigenvalue weighted by Gasteiger charge is 2.23. The maximum absolute atomic E-state index is 3.61. The quantitative estimate of drug-likeness (QED) is 0.765. The van der Waals surface area contributed by atoms with Gasteiger partial charge in [-0.05, 0) is 11.1 Å². The minimum atomic E-state index is 0.536. The van der Waals surface area contributed by atoms with E-state index in [1.807, 2.05) is 0 Å². The Hall–Kier alpha value is -0.900. The van der Waals surface area contributed by atoms with E-state index < -0.39 is 0 Å². The van der Waals surface area contributed by atoms with Crippen molar-refractivity contribution < 1.29 is 0 Å². The number of piperazine rings is 1. The molecule has 2 aliphatic rings. The summed E-state index contributed by atoms with van der Waals surface area (Å²) in [6.45, 7) is 6.81. The molecule has 2 aliphatic heterocycles. The summed E-state index contributed by atoms with van der Waals surface area (Å²) in [6, 6.07) is 9.32. The summed E-state index contributed by atoms with van der Waals surface area (Å²) in [7, 11) is 0. The first kappa shape index (κ1) is 10.3. The van der Waals surface area contributed by atoms with Crippen molar-refractivity contribution in [1.82, 2.24) is 15.5 Å². The predicted molar refractivity (Wildman–Crippen MR) is 65.3 cm³/mol. The molecule has 0 saturated carbocycles. The van der Waals surface area contributed by atoms with Crippen LogP contribution in [-0.2, 0) is 6.54 Å². The molecule has 0 aromatic heterocycles. The summed E-state index contributed by atoms with van der Waals surface area (Å²) < 4.78 is 0. The average Bonchev–Trinajstić information content (AvgIpc) is 2.74. The molecule has 1 saturated heterocycles. The molecule has 3 heteroatoms. The number of nitrogens with zero attached hydrogens (tertiary/aromatic N) is 1. The zero-order valence-corrected chi connectivity index (χ0v) is 9.58. The minimum Gasteiger partial charge on any atom is -0.314 e. The Labute approximate surface area is 96.8 Å². The van der Waals surface area contributed by atoms with E-state index in [9.17, 15) is 0 Å². The molecule has 0 spiro atoms. The second-order valence-electron chi connectivity index (χ2n) is 4.68. The SMILES string of the molecule is c1ccc2c(c1)CNC2CN1CCNCC1. The highest BCUT2D eigenvalue weighted by Crippen LogP contribution is 2.25. The van der Waals surface area contributed by atoms with Crippen molar-refractivity contribution in [3.05, 3.63) is 35.4 Å². The molecule has 2 heterocycles. The van der Waals surface area contributed by atoms with Crippen LogP contribution in [0.2, 0.25) is 0 Å². The van der Waals surface area contributed by atoms with Crippen molar-refractivity contribution in [1.29, 1.82) is 0 Å². The lowest BCUT2D eigenvalue weighted by Crippen LogP contribution is -2.45. The second kappa shape index (κ2) is 4.53. The van der Waals surface area contributed by atoms with E-state index in [1.54, 1.807) is 0 Å². The molecular weight excluding hydrogens is 198 g/mol. The van der Waals surface area contributed by atoms with E-state index in [2.05, 4.69) is 39.8 Å². The van der Waals surface area contributed by atoms with Crippen molar-refractivity contribution in [2.75, 3.05) is 32.7 Å².